The zero-order valence-electron chi connectivity index (χ0n) is 33.1. The maximum absolute atomic E-state index is 11.8. The molecular formula is C34H55ClN4O3S16. The number of ketones is 1. The molecule has 0 saturated carbocycles. The molecule has 0 bridgehead atoms. The lowest BCUT2D eigenvalue weighted by Crippen LogP contribution is -2.16. The van der Waals surface area contributed by atoms with Crippen molar-refractivity contribution in [2.24, 2.45) is 0 Å². The average molecular weight is 1120 g/mol. The lowest BCUT2D eigenvalue weighted by molar-refractivity contribution is -0.125. The maximum atomic E-state index is 11.8. The molecule has 7 nitrogen and oxygen atoms in total. The van der Waals surface area contributed by atoms with Crippen LogP contribution in [0.4, 0.5) is 11.4 Å². The SMILES string of the molecule is CCCCCCCCCC(=O)CC(=O)Nc1ccnc(C)c1.CCCCCCCCCC(=O)Cl.Cc1cc(N)ccn1.S=S=S=S=S=S=S=S=S=S=S=S=S=S=S=S. The first-order valence-electron chi connectivity index (χ1n) is 18.3. The van der Waals surface area contributed by atoms with Crippen molar-refractivity contribution in [3.8, 4) is 0 Å². The van der Waals surface area contributed by atoms with Crippen LogP contribution in [0.1, 0.15) is 134 Å². The van der Waals surface area contributed by atoms with Crippen LogP contribution in [0, 0.1) is 13.8 Å². The van der Waals surface area contributed by atoms with E-state index in [1.54, 1.807) is 137 Å². The molecule has 0 fully saturated rings. The molecule has 58 heavy (non-hydrogen) atoms. The highest BCUT2D eigenvalue weighted by Crippen LogP contribution is 2.11. The molecule has 2 heterocycles. The second-order valence-electron chi connectivity index (χ2n) is 11.7. The summed E-state index contributed by atoms with van der Waals surface area (Å²) in [5.74, 6) is -0.213. The molecule has 2 aromatic heterocycles. The Hall–Kier alpha value is 0.720. The Morgan fingerprint density at radius 1 is 0.603 bits per heavy atom. The number of rotatable bonds is 19. The van der Waals surface area contributed by atoms with Crippen LogP contribution < -0.4 is 11.1 Å². The van der Waals surface area contributed by atoms with Crippen molar-refractivity contribution in [2.75, 3.05) is 11.1 Å². The number of nitrogens with two attached hydrogens (primary N) is 1. The van der Waals surface area contributed by atoms with Gasteiger partial charge in [0.15, 0.2) is 0 Å². The smallest absolute Gasteiger partial charge is 0.231 e. The van der Waals surface area contributed by atoms with Gasteiger partial charge >= 0.3 is 0 Å². The number of carbonyl (C=O) groups excluding carboxylic acids is 3. The standard InChI is InChI=1S/C18H28N2O2.C10H19ClO.C6H8N2.S16/c1-3-4-5-6-7-8-9-10-17(21)14-18(22)20-16-11-12-19-15(2)13-16;1-2-3-4-5-6-7-8-9-10(11)12;1-5-4-6(7)2-3-8-5;1-3-5-7-9-11-13-15-16-14-12-10-8-6-4-2/h11-13H,3-10,14H2,1-2H3,(H,19,20,22);2-9H2,1H3;2-4H,1H3,(H2,7,8);. The third-order valence-electron chi connectivity index (χ3n) is 6.86. The fraction of sp³-hybridized carbons (Fsp3) is 0.618. The molecule has 0 spiro atoms. The lowest BCUT2D eigenvalue weighted by Gasteiger charge is -2.05. The van der Waals surface area contributed by atoms with Gasteiger partial charge in [0.2, 0.25) is 11.1 Å². The number of aromatic nitrogens is 2. The van der Waals surface area contributed by atoms with E-state index in [1.165, 1.54) is 82.0 Å². The van der Waals surface area contributed by atoms with Crippen molar-refractivity contribution in [3.63, 3.8) is 0 Å². The molecule has 0 unspecified atom stereocenters. The first-order chi connectivity index (χ1) is 28.1. The van der Waals surface area contributed by atoms with Crippen LogP contribution in [0.3, 0.4) is 0 Å². The molecule has 0 aliphatic heterocycles. The van der Waals surface area contributed by atoms with Gasteiger partial charge in [-0.05, 0) is 62.6 Å². The number of nitrogens with zero attached hydrogens (tertiary/aromatic N) is 2. The van der Waals surface area contributed by atoms with Crippen LogP contribution in [0.25, 0.3) is 0 Å². The average Bonchev–Trinajstić information content (AvgIpc) is 3.18. The van der Waals surface area contributed by atoms with Crippen molar-refractivity contribution < 1.29 is 14.4 Å². The van der Waals surface area contributed by atoms with Gasteiger partial charge in [0, 0.05) is 195 Å². The van der Waals surface area contributed by atoms with Crippen molar-refractivity contribution >= 4 is 187 Å². The number of hydrogen-bond donors (Lipinski definition) is 2. The van der Waals surface area contributed by atoms with E-state index in [0.717, 1.165) is 42.8 Å². The minimum absolute atomic E-state index is 0.0248. The summed E-state index contributed by atoms with van der Waals surface area (Å²) in [5, 5.41) is 2.55. The van der Waals surface area contributed by atoms with Crippen molar-refractivity contribution in [1.29, 1.82) is 0 Å². The number of nitrogens with one attached hydrogen (secondary N) is 1. The molecule has 0 radical (unpaired) electrons. The highest BCUT2D eigenvalue weighted by atomic mass is 35.5. The molecule has 0 aliphatic carbocycles. The Morgan fingerprint density at radius 2 is 1.00 bits per heavy atom. The zero-order valence-corrected chi connectivity index (χ0v) is 46.9. The van der Waals surface area contributed by atoms with Gasteiger partial charge in [0.1, 0.15) is 5.78 Å². The van der Waals surface area contributed by atoms with Crippen molar-refractivity contribution in [2.45, 2.75) is 137 Å². The summed E-state index contributed by atoms with van der Waals surface area (Å²) in [6.07, 6.45) is 21.3. The largest absolute Gasteiger partial charge is 0.399 e. The number of unbranched alkanes of at least 4 members (excludes halogenated alkanes) is 12. The van der Waals surface area contributed by atoms with Crippen molar-refractivity contribution in [1.82, 2.24) is 9.97 Å². The Morgan fingerprint density at radius 3 is 1.38 bits per heavy atom. The topological polar surface area (TPSA) is 115 Å². The Balaban J connectivity index is 0. The molecule has 0 atom stereocenters. The maximum Gasteiger partial charge on any atom is 0.231 e. The van der Waals surface area contributed by atoms with E-state index >= 15 is 0 Å². The van der Waals surface area contributed by atoms with Crippen LogP contribution in [0.5, 0.6) is 0 Å². The summed E-state index contributed by atoms with van der Waals surface area (Å²) in [6.45, 7) is 8.20. The summed E-state index contributed by atoms with van der Waals surface area (Å²) in [6, 6.07) is 7.12. The first kappa shape index (κ1) is 60.8. The minimum atomic E-state index is -0.237. The molecule has 2 aromatic rings. The number of amides is 1. The second kappa shape index (κ2) is 48.7. The molecular weight excluding hydrogens is 1060 g/mol. The normalized spacial score (nSPS) is 9.33. The van der Waals surface area contributed by atoms with Crippen LogP contribution in [-0.4, -0.2) is 26.9 Å². The highest BCUT2D eigenvalue weighted by molar-refractivity contribution is 8.77. The highest BCUT2D eigenvalue weighted by Gasteiger charge is 2.09. The molecule has 2 rings (SSSR count). The number of hydrogen-bond acceptors (Lipinski definition) is 8. The fourth-order valence-corrected chi connectivity index (χ4v) is 37.4. The Bertz CT molecular complexity index is 2020. The third kappa shape index (κ3) is 49.4. The minimum Gasteiger partial charge on any atom is -0.399 e. The number of nitrogen functional groups attached to an aromatic ring is 1. The molecule has 3 N–H and O–H groups in total. The molecule has 24 heteroatoms. The Labute approximate surface area is 401 Å². The van der Waals surface area contributed by atoms with Gasteiger partial charge in [-0.15, -0.1) is 0 Å². The van der Waals surface area contributed by atoms with Crippen LogP contribution in [0.2, 0.25) is 0 Å². The van der Waals surface area contributed by atoms with Gasteiger partial charge in [-0.1, -0.05) is 90.9 Å². The molecule has 0 aromatic carbocycles. The number of halogens is 1. The number of pyridine rings is 2. The van der Waals surface area contributed by atoms with Gasteiger partial charge in [-0.25, -0.2) is 0 Å². The van der Waals surface area contributed by atoms with E-state index < -0.39 is 0 Å². The van der Waals surface area contributed by atoms with Crippen LogP contribution in [-0.2, 0) is 161 Å². The van der Waals surface area contributed by atoms with Gasteiger partial charge in [-0.2, -0.15) is 0 Å². The van der Waals surface area contributed by atoms with Gasteiger partial charge in [0.05, 0.1) is 6.42 Å². The summed E-state index contributed by atoms with van der Waals surface area (Å²) < 4.78 is 0. The van der Waals surface area contributed by atoms with Crippen molar-refractivity contribution in [3.05, 3.63) is 48.0 Å². The molecule has 0 saturated heterocycles. The monoisotopic (exact) mass is 1110 g/mol. The van der Waals surface area contributed by atoms with E-state index in [9.17, 15) is 14.4 Å². The lowest BCUT2D eigenvalue weighted by atomic mass is 10.1. The number of aryl methyl sites for hydroxylation is 2. The van der Waals surface area contributed by atoms with E-state index in [-0.39, 0.29) is 23.4 Å². The van der Waals surface area contributed by atoms with E-state index in [0.29, 0.717) is 18.5 Å². The summed E-state index contributed by atoms with van der Waals surface area (Å²) in [7, 11) is 23.5. The predicted molar refractivity (Wildman–Crippen MR) is 295 cm³/mol. The zero-order chi connectivity index (χ0) is 43.3. The second-order valence-corrected chi connectivity index (χ2v) is 36.9. The van der Waals surface area contributed by atoms with E-state index in [2.05, 4.69) is 29.1 Å². The number of anilines is 2. The quantitative estimate of drug-likeness (QED) is 0.0814. The third-order valence-corrected chi connectivity index (χ3v) is 35.9. The summed E-state index contributed by atoms with van der Waals surface area (Å²) in [5.41, 5.74) is 8.69. The predicted octanol–water partition coefficient (Wildman–Crippen LogP) is 9.25. The van der Waals surface area contributed by atoms with Crippen LogP contribution in [0.15, 0.2) is 36.7 Å². The van der Waals surface area contributed by atoms with Gasteiger partial charge in [-0.3, -0.25) is 24.4 Å². The summed E-state index contributed by atoms with van der Waals surface area (Å²) >= 11 is 14.7. The summed E-state index contributed by atoms with van der Waals surface area (Å²) in [4.78, 5) is 41.9. The first-order valence-corrected chi connectivity index (χ1v) is 38.7. The van der Waals surface area contributed by atoms with Gasteiger partial charge < -0.3 is 11.1 Å². The molecule has 332 valence electrons. The van der Waals surface area contributed by atoms with E-state index in [4.69, 9.17) is 39.7 Å². The number of carbonyl (C=O) groups is 3. The Kier molecular flexibility index (Phi) is 51.1. The van der Waals surface area contributed by atoms with Crippen LogP contribution >= 0.6 is 11.6 Å². The van der Waals surface area contributed by atoms with E-state index in [1.807, 2.05) is 19.9 Å². The fourth-order valence-electron chi connectivity index (χ4n) is 4.30. The molecule has 1 amide bonds. The van der Waals surface area contributed by atoms with Gasteiger partial charge in [0.25, 0.3) is 0 Å². The number of Topliss-reactive ketones (excluding diaryl/α,β-unsaturated/α-hetero) is 1. The molecule has 0 aliphatic rings.